The highest BCUT2D eigenvalue weighted by Crippen LogP contribution is 2.28. The number of hydrogen-bond donors (Lipinski definition) is 1. The van der Waals surface area contributed by atoms with Gasteiger partial charge in [0.1, 0.15) is 12.4 Å². The summed E-state index contributed by atoms with van der Waals surface area (Å²) >= 11 is 0. The molecule has 1 unspecified atom stereocenters. The van der Waals surface area contributed by atoms with E-state index in [4.69, 9.17) is 9.72 Å². The maximum Gasteiger partial charge on any atom is 0.414 e. The number of anilines is 2. The van der Waals surface area contributed by atoms with E-state index >= 15 is 0 Å². The molecular formula is C21H27FN4O2. The van der Waals surface area contributed by atoms with E-state index in [2.05, 4.69) is 5.32 Å². The number of amides is 1. The van der Waals surface area contributed by atoms with Gasteiger partial charge in [-0.15, -0.1) is 0 Å². The SMILES string of the molecule is CC(Nc1ccc(F)cc1)c1ccc2c(n1)CCCN2C(=O)OCCN(C)C. The monoisotopic (exact) mass is 386 g/mol. The van der Waals surface area contributed by atoms with Crippen molar-refractivity contribution in [1.29, 1.82) is 0 Å². The van der Waals surface area contributed by atoms with Crippen LogP contribution in [0.15, 0.2) is 36.4 Å². The molecule has 1 aromatic heterocycles. The lowest BCUT2D eigenvalue weighted by Gasteiger charge is -2.29. The highest BCUT2D eigenvalue weighted by atomic mass is 19.1. The highest BCUT2D eigenvalue weighted by Gasteiger charge is 2.25. The van der Waals surface area contributed by atoms with Crippen LogP contribution in [0.3, 0.4) is 0 Å². The van der Waals surface area contributed by atoms with Gasteiger partial charge < -0.3 is 15.0 Å². The normalized spacial score (nSPS) is 14.5. The lowest BCUT2D eigenvalue weighted by atomic mass is 10.1. The van der Waals surface area contributed by atoms with Crippen molar-refractivity contribution in [2.45, 2.75) is 25.8 Å². The Morgan fingerprint density at radius 1 is 1.29 bits per heavy atom. The Hall–Kier alpha value is -2.67. The van der Waals surface area contributed by atoms with Crippen LogP contribution in [0, 0.1) is 5.82 Å². The molecule has 28 heavy (non-hydrogen) atoms. The van der Waals surface area contributed by atoms with Crippen molar-refractivity contribution < 1.29 is 13.9 Å². The summed E-state index contributed by atoms with van der Waals surface area (Å²) in [6, 6.07) is 10.1. The third-order valence-electron chi connectivity index (χ3n) is 4.71. The van der Waals surface area contributed by atoms with Gasteiger partial charge in [-0.2, -0.15) is 0 Å². The Kier molecular flexibility index (Phi) is 6.46. The van der Waals surface area contributed by atoms with Gasteiger partial charge in [0.2, 0.25) is 0 Å². The molecule has 1 atom stereocenters. The lowest BCUT2D eigenvalue weighted by molar-refractivity contribution is 0.143. The van der Waals surface area contributed by atoms with Crippen LogP contribution in [0.4, 0.5) is 20.6 Å². The molecule has 0 bridgehead atoms. The van der Waals surface area contributed by atoms with Crippen LogP contribution in [-0.4, -0.2) is 49.8 Å². The largest absolute Gasteiger partial charge is 0.448 e. The second-order valence-electron chi connectivity index (χ2n) is 7.25. The second-order valence-corrected chi connectivity index (χ2v) is 7.25. The Bertz CT molecular complexity index is 811. The van der Waals surface area contributed by atoms with Crippen molar-refractivity contribution in [3.63, 3.8) is 0 Å². The molecule has 0 saturated carbocycles. The summed E-state index contributed by atoms with van der Waals surface area (Å²) in [7, 11) is 3.88. The number of likely N-dealkylation sites (N-methyl/N-ethyl adjacent to an activating group) is 1. The van der Waals surface area contributed by atoms with Gasteiger partial charge in [-0.05, 0) is 70.3 Å². The minimum Gasteiger partial charge on any atom is -0.448 e. The van der Waals surface area contributed by atoms with Gasteiger partial charge in [0.25, 0.3) is 0 Å². The molecule has 6 nitrogen and oxygen atoms in total. The smallest absolute Gasteiger partial charge is 0.414 e. The van der Waals surface area contributed by atoms with Crippen molar-refractivity contribution in [2.24, 2.45) is 0 Å². The van der Waals surface area contributed by atoms with Gasteiger partial charge in [-0.25, -0.2) is 9.18 Å². The third kappa shape index (κ3) is 4.98. The van der Waals surface area contributed by atoms with E-state index in [1.165, 1.54) is 12.1 Å². The molecule has 2 aromatic rings. The molecule has 1 N–H and O–H groups in total. The molecule has 150 valence electrons. The molecule has 1 aliphatic rings. The first-order valence-electron chi connectivity index (χ1n) is 9.55. The summed E-state index contributed by atoms with van der Waals surface area (Å²) in [6.45, 7) is 3.70. The van der Waals surface area contributed by atoms with Gasteiger partial charge in [-0.3, -0.25) is 9.88 Å². The van der Waals surface area contributed by atoms with Crippen LogP contribution in [0.1, 0.15) is 30.8 Å². The van der Waals surface area contributed by atoms with E-state index in [0.29, 0.717) is 19.7 Å². The van der Waals surface area contributed by atoms with Gasteiger partial charge in [0, 0.05) is 18.8 Å². The van der Waals surface area contributed by atoms with Gasteiger partial charge in [0.15, 0.2) is 0 Å². The fourth-order valence-electron chi connectivity index (χ4n) is 3.16. The summed E-state index contributed by atoms with van der Waals surface area (Å²) in [4.78, 5) is 20.9. The number of rotatable bonds is 6. The molecule has 1 amide bonds. The van der Waals surface area contributed by atoms with Crippen LogP contribution in [0.2, 0.25) is 0 Å². The number of aromatic nitrogens is 1. The Morgan fingerprint density at radius 2 is 2.04 bits per heavy atom. The molecule has 2 heterocycles. The van der Waals surface area contributed by atoms with E-state index in [1.807, 2.05) is 38.1 Å². The molecule has 0 saturated heterocycles. The zero-order chi connectivity index (χ0) is 20.1. The number of carbonyl (C=O) groups is 1. The van der Waals surface area contributed by atoms with Crippen molar-refractivity contribution in [2.75, 3.05) is 44.0 Å². The zero-order valence-corrected chi connectivity index (χ0v) is 16.6. The predicted octanol–water partition coefficient (Wildman–Crippen LogP) is 3.84. The number of halogens is 1. The Balaban J connectivity index is 1.69. The number of carbonyl (C=O) groups excluding carboxylic acids is 1. The standard InChI is InChI=1S/C21H27FN4O2/c1-15(23-17-8-6-16(22)7-9-17)18-10-11-20-19(24-18)5-4-12-26(20)21(27)28-14-13-25(2)3/h6-11,15,23H,4-5,12-14H2,1-3H3. The summed E-state index contributed by atoms with van der Waals surface area (Å²) in [5, 5.41) is 3.33. The summed E-state index contributed by atoms with van der Waals surface area (Å²) < 4.78 is 18.5. The number of nitrogens with zero attached hydrogens (tertiary/aromatic N) is 3. The molecule has 0 fully saturated rings. The number of nitrogens with one attached hydrogen (secondary N) is 1. The summed E-state index contributed by atoms with van der Waals surface area (Å²) in [5.74, 6) is -0.261. The number of fused-ring (bicyclic) bond motifs is 1. The quantitative estimate of drug-likeness (QED) is 0.817. The highest BCUT2D eigenvalue weighted by molar-refractivity contribution is 5.88. The molecular weight excluding hydrogens is 359 g/mol. The maximum absolute atomic E-state index is 13.1. The maximum atomic E-state index is 13.1. The molecule has 1 aromatic carbocycles. The first-order valence-corrected chi connectivity index (χ1v) is 9.55. The molecule has 7 heteroatoms. The Labute approximate surface area is 165 Å². The van der Waals surface area contributed by atoms with Crippen LogP contribution in [-0.2, 0) is 11.2 Å². The van der Waals surface area contributed by atoms with Crippen molar-refractivity contribution in [3.05, 3.63) is 53.6 Å². The first kappa shape index (κ1) is 20.1. The average molecular weight is 386 g/mol. The van der Waals surface area contributed by atoms with Crippen molar-refractivity contribution >= 4 is 17.5 Å². The predicted molar refractivity (Wildman–Crippen MR) is 108 cm³/mol. The molecule has 3 rings (SSSR count). The third-order valence-corrected chi connectivity index (χ3v) is 4.71. The molecule has 0 aliphatic carbocycles. The van der Waals surface area contributed by atoms with Crippen LogP contribution in [0.5, 0.6) is 0 Å². The van der Waals surface area contributed by atoms with Crippen LogP contribution in [0.25, 0.3) is 0 Å². The van der Waals surface area contributed by atoms with E-state index in [-0.39, 0.29) is 18.0 Å². The Morgan fingerprint density at radius 3 is 2.75 bits per heavy atom. The van der Waals surface area contributed by atoms with Gasteiger partial charge in [-0.1, -0.05) is 0 Å². The van der Waals surface area contributed by atoms with E-state index in [9.17, 15) is 9.18 Å². The first-order chi connectivity index (χ1) is 13.4. The fourth-order valence-corrected chi connectivity index (χ4v) is 3.16. The molecule has 0 spiro atoms. The second kappa shape index (κ2) is 9.01. The number of hydrogen-bond acceptors (Lipinski definition) is 5. The van der Waals surface area contributed by atoms with Crippen LogP contribution < -0.4 is 10.2 Å². The summed E-state index contributed by atoms with van der Waals surface area (Å²) in [5.41, 5.74) is 3.44. The molecule has 1 aliphatic heterocycles. The van der Waals surface area contributed by atoms with E-state index in [0.717, 1.165) is 35.6 Å². The number of ether oxygens (including phenoxy) is 1. The molecule has 0 radical (unpaired) electrons. The van der Waals surface area contributed by atoms with E-state index < -0.39 is 0 Å². The van der Waals surface area contributed by atoms with Gasteiger partial charge in [0.05, 0.1) is 23.1 Å². The van der Waals surface area contributed by atoms with Crippen molar-refractivity contribution in [3.8, 4) is 0 Å². The van der Waals surface area contributed by atoms with Crippen molar-refractivity contribution in [1.82, 2.24) is 9.88 Å². The minimum absolute atomic E-state index is 0.0434. The zero-order valence-electron chi connectivity index (χ0n) is 16.6. The van der Waals surface area contributed by atoms with E-state index in [1.54, 1.807) is 17.0 Å². The van der Waals surface area contributed by atoms with Crippen LogP contribution >= 0.6 is 0 Å². The summed E-state index contributed by atoms with van der Waals surface area (Å²) in [6.07, 6.45) is 1.36. The number of aryl methyl sites for hydroxylation is 1. The van der Waals surface area contributed by atoms with Gasteiger partial charge >= 0.3 is 6.09 Å². The fraction of sp³-hybridized carbons (Fsp3) is 0.429. The lowest BCUT2D eigenvalue weighted by Crippen LogP contribution is -2.37. The number of pyridine rings is 1. The minimum atomic E-state index is -0.324. The number of benzene rings is 1. The average Bonchev–Trinajstić information content (AvgIpc) is 2.68. The topological polar surface area (TPSA) is 57.7 Å².